The number of sulfonamides is 1. The summed E-state index contributed by atoms with van der Waals surface area (Å²) >= 11 is 0. The quantitative estimate of drug-likeness (QED) is 0.723. The third kappa shape index (κ3) is 5.12. The second-order valence-corrected chi connectivity index (χ2v) is 6.63. The molecule has 0 aliphatic rings. The van der Waals surface area contributed by atoms with Crippen molar-refractivity contribution < 1.29 is 27.4 Å². The fourth-order valence-electron chi connectivity index (χ4n) is 2.00. The van der Waals surface area contributed by atoms with Crippen molar-refractivity contribution in [2.24, 2.45) is 0 Å². The summed E-state index contributed by atoms with van der Waals surface area (Å²) in [4.78, 5) is 11.1. The summed E-state index contributed by atoms with van der Waals surface area (Å²) in [6.07, 6.45) is 0.117. The van der Waals surface area contributed by atoms with Crippen molar-refractivity contribution >= 4 is 21.7 Å². The molecule has 0 radical (unpaired) electrons. The summed E-state index contributed by atoms with van der Waals surface area (Å²) < 4.78 is 42.4. The molecule has 0 spiro atoms. The molecule has 0 bridgehead atoms. The molecule has 134 valence electrons. The van der Waals surface area contributed by atoms with E-state index in [-0.39, 0.29) is 23.9 Å². The highest BCUT2D eigenvalue weighted by Gasteiger charge is 2.16. The lowest BCUT2D eigenvalue weighted by Gasteiger charge is -2.12. The number of methoxy groups -OCH3 is 2. The third-order valence-corrected chi connectivity index (χ3v) is 4.67. The molecular formula is C17H19NO6S. The molecular weight excluding hydrogens is 346 g/mol. The number of nitrogens with one attached hydrogen (secondary N) is 1. The molecule has 0 saturated carbocycles. The fraction of sp³-hybridized carbons (Fsp3) is 0.235. The van der Waals surface area contributed by atoms with E-state index in [1.807, 2.05) is 0 Å². The van der Waals surface area contributed by atoms with Gasteiger partial charge < -0.3 is 14.2 Å². The minimum absolute atomic E-state index is 0.0822. The van der Waals surface area contributed by atoms with Gasteiger partial charge in [-0.1, -0.05) is 12.1 Å². The van der Waals surface area contributed by atoms with Gasteiger partial charge in [-0.15, -0.1) is 0 Å². The van der Waals surface area contributed by atoms with Gasteiger partial charge in [0.1, 0.15) is 11.5 Å². The Morgan fingerprint density at radius 3 is 2.36 bits per heavy atom. The highest BCUT2D eigenvalue weighted by molar-refractivity contribution is 7.92. The van der Waals surface area contributed by atoms with E-state index >= 15 is 0 Å². The molecule has 0 aliphatic carbocycles. The van der Waals surface area contributed by atoms with Gasteiger partial charge in [0, 0.05) is 0 Å². The van der Waals surface area contributed by atoms with Crippen LogP contribution in [0.4, 0.5) is 5.69 Å². The highest BCUT2D eigenvalue weighted by Crippen LogP contribution is 2.26. The van der Waals surface area contributed by atoms with Crippen LogP contribution in [0, 0.1) is 0 Å². The number of benzene rings is 2. The van der Waals surface area contributed by atoms with Gasteiger partial charge in [-0.2, -0.15) is 0 Å². The first kappa shape index (κ1) is 18.6. The number of rotatable bonds is 8. The maximum atomic E-state index is 12.5. The largest absolute Gasteiger partial charge is 0.495 e. The van der Waals surface area contributed by atoms with Gasteiger partial charge in [-0.25, -0.2) is 8.42 Å². The molecule has 7 nitrogen and oxygen atoms in total. The molecule has 25 heavy (non-hydrogen) atoms. The first-order chi connectivity index (χ1) is 12.0. The molecule has 0 fully saturated rings. The zero-order valence-corrected chi connectivity index (χ0v) is 14.7. The number of carbonyl (C=O) groups is 1. The maximum Gasteiger partial charge on any atom is 0.308 e. The first-order valence-corrected chi connectivity index (χ1v) is 8.90. The summed E-state index contributed by atoms with van der Waals surface area (Å²) in [5, 5.41) is 0. The van der Waals surface area contributed by atoms with E-state index in [2.05, 4.69) is 9.46 Å². The minimum atomic E-state index is -3.76. The average molecular weight is 365 g/mol. The van der Waals surface area contributed by atoms with Gasteiger partial charge in [0.15, 0.2) is 0 Å². The van der Waals surface area contributed by atoms with Crippen molar-refractivity contribution in [3.63, 3.8) is 0 Å². The monoisotopic (exact) mass is 365 g/mol. The third-order valence-electron chi connectivity index (χ3n) is 3.29. The summed E-state index contributed by atoms with van der Waals surface area (Å²) in [5.41, 5.74) is 0.350. The Labute approximate surface area is 146 Å². The fourth-order valence-corrected chi connectivity index (χ4v) is 3.07. The standard InChI is InChI=1S/C17H19NO6S/c1-22-16-6-4-3-5-15(16)18-25(20,21)14-9-7-13(8-10-14)24-12-11-17(19)23-2/h3-10,18H,11-12H2,1-2H3. The smallest absolute Gasteiger partial charge is 0.308 e. The normalized spacial score (nSPS) is 10.8. The number of esters is 1. The number of anilines is 1. The van der Waals surface area contributed by atoms with Crippen LogP contribution in [-0.2, 0) is 19.6 Å². The summed E-state index contributed by atoms with van der Waals surface area (Å²) in [6.45, 7) is 0.151. The van der Waals surface area contributed by atoms with Crippen molar-refractivity contribution in [1.82, 2.24) is 0 Å². The topological polar surface area (TPSA) is 90.9 Å². The first-order valence-electron chi connectivity index (χ1n) is 7.42. The molecule has 2 aromatic carbocycles. The second-order valence-electron chi connectivity index (χ2n) is 4.95. The Kier molecular flexibility index (Phi) is 6.24. The molecule has 0 atom stereocenters. The molecule has 0 unspecified atom stereocenters. The highest BCUT2D eigenvalue weighted by atomic mass is 32.2. The Hall–Kier alpha value is -2.74. The average Bonchev–Trinajstić information content (AvgIpc) is 2.62. The van der Waals surface area contributed by atoms with E-state index < -0.39 is 10.0 Å². The van der Waals surface area contributed by atoms with Crippen LogP contribution in [0.1, 0.15) is 6.42 Å². The predicted octanol–water partition coefficient (Wildman–Crippen LogP) is 2.44. The van der Waals surface area contributed by atoms with Gasteiger partial charge >= 0.3 is 5.97 Å². The molecule has 0 saturated heterocycles. The van der Waals surface area contributed by atoms with Crippen LogP contribution in [0.25, 0.3) is 0 Å². The molecule has 0 aliphatic heterocycles. The summed E-state index contributed by atoms with van der Waals surface area (Å²) in [6, 6.07) is 12.6. The van der Waals surface area contributed by atoms with E-state index in [0.717, 1.165) is 0 Å². The Balaban J connectivity index is 2.06. The summed E-state index contributed by atoms with van der Waals surface area (Å²) in [7, 11) is -0.992. The van der Waals surface area contributed by atoms with Gasteiger partial charge in [-0.3, -0.25) is 9.52 Å². The molecule has 1 N–H and O–H groups in total. The number of hydrogen-bond acceptors (Lipinski definition) is 6. The molecule has 8 heteroatoms. The van der Waals surface area contributed by atoms with Gasteiger partial charge in [0.25, 0.3) is 10.0 Å². The van der Waals surface area contributed by atoms with Crippen LogP contribution in [0.3, 0.4) is 0 Å². The van der Waals surface area contributed by atoms with Crippen molar-refractivity contribution in [1.29, 1.82) is 0 Å². The maximum absolute atomic E-state index is 12.5. The lowest BCUT2D eigenvalue weighted by Crippen LogP contribution is -2.13. The van der Waals surface area contributed by atoms with Crippen molar-refractivity contribution in [3.8, 4) is 11.5 Å². The van der Waals surface area contributed by atoms with Crippen molar-refractivity contribution in [2.75, 3.05) is 25.5 Å². The number of ether oxygens (including phenoxy) is 3. The van der Waals surface area contributed by atoms with E-state index in [1.165, 1.54) is 38.5 Å². The van der Waals surface area contributed by atoms with E-state index in [4.69, 9.17) is 9.47 Å². The van der Waals surface area contributed by atoms with Gasteiger partial charge in [-0.05, 0) is 36.4 Å². The number of carbonyl (C=O) groups excluding carboxylic acids is 1. The van der Waals surface area contributed by atoms with E-state index in [9.17, 15) is 13.2 Å². The van der Waals surface area contributed by atoms with Crippen molar-refractivity contribution in [2.45, 2.75) is 11.3 Å². The summed E-state index contributed by atoms with van der Waals surface area (Å²) in [5.74, 6) is 0.509. The minimum Gasteiger partial charge on any atom is -0.495 e. The molecule has 0 amide bonds. The van der Waals surface area contributed by atoms with Crippen LogP contribution in [-0.4, -0.2) is 35.2 Å². The number of hydrogen-bond donors (Lipinski definition) is 1. The van der Waals surface area contributed by atoms with E-state index in [0.29, 0.717) is 17.2 Å². The van der Waals surface area contributed by atoms with Crippen LogP contribution in [0.5, 0.6) is 11.5 Å². The zero-order chi connectivity index (χ0) is 18.3. The lowest BCUT2D eigenvalue weighted by atomic mass is 10.3. The molecule has 0 heterocycles. The van der Waals surface area contributed by atoms with E-state index in [1.54, 1.807) is 24.3 Å². The van der Waals surface area contributed by atoms with Crippen molar-refractivity contribution in [3.05, 3.63) is 48.5 Å². The van der Waals surface area contributed by atoms with Crippen LogP contribution >= 0.6 is 0 Å². The lowest BCUT2D eigenvalue weighted by molar-refractivity contribution is -0.141. The zero-order valence-electron chi connectivity index (χ0n) is 13.9. The van der Waals surface area contributed by atoms with Gasteiger partial charge in [0.05, 0.1) is 37.8 Å². The van der Waals surface area contributed by atoms with Gasteiger partial charge in [0.2, 0.25) is 0 Å². The predicted molar refractivity (Wildman–Crippen MR) is 92.4 cm³/mol. The van der Waals surface area contributed by atoms with Crippen LogP contribution in [0.15, 0.2) is 53.4 Å². The van der Waals surface area contributed by atoms with Crippen LogP contribution < -0.4 is 14.2 Å². The molecule has 2 rings (SSSR count). The Morgan fingerprint density at radius 1 is 1.04 bits per heavy atom. The SMILES string of the molecule is COC(=O)CCOc1ccc(S(=O)(=O)Nc2ccccc2OC)cc1. The Morgan fingerprint density at radius 2 is 1.72 bits per heavy atom. The Bertz CT molecular complexity index is 817. The molecule has 2 aromatic rings. The number of para-hydroxylation sites is 2. The second kappa shape index (κ2) is 8.39. The van der Waals surface area contributed by atoms with Crippen LogP contribution in [0.2, 0.25) is 0 Å². The molecule has 0 aromatic heterocycles.